The first-order valence-electron chi connectivity index (χ1n) is 9.11. The van der Waals surface area contributed by atoms with Crippen LogP contribution in [0.1, 0.15) is 22.4 Å². The van der Waals surface area contributed by atoms with Crippen molar-refractivity contribution in [2.75, 3.05) is 7.11 Å². The molecule has 7 heteroatoms. The number of nitrogens with zero attached hydrogens (tertiary/aromatic N) is 1. The molecular weight excluding hydrogens is 391 g/mol. The van der Waals surface area contributed by atoms with E-state index in [1.807, 2.05) is 44.2 Å². The van der Waals surface area contributed by atoms with E-state index in [1.54, 1.807) is 13.2 Å². The van der Waals surface area contributed by atoms with Gasteiger partial charge in [0.05, 0.1) is 18.6 Å². The number of hydrogen-bond acceptors (Lipinski definition) is 4. The number of rotatable bonds is 7. The van der Waals surface area contributed by atoms with Gasteiger partial charge in [-0.1, -0.05) is 12.1 Å². The van der Waals surface area contributed by atoms with E-state index in [-0.39, 0.29) is 12.3 Å². The molecule has 0 aliphatic rings. The number of methoxy groups -OCH3 is 1. The van der Waals surface area contributed by atoms with Crippen LogP contribution in [-0.2, 0) is 22.3 Å². The maximum atomic E-state index is 13.3. The molecule has 0 fully saturated rings. The van der Waals surface area contributed by atoms with Crippen LogP contribution in [0.25, 0.3) is 11.3 Å². The first-order chi connectivity index (χ1) is 13.8. The normalized spacial score (nSPS) is 11.4. The van der Waals surface area contributed by atoms with E-state index < -0.39 is 15.8 Å². The van der Waals surface area contributed by atoms with Gasteiger partial charge in [-0.2, -0.15) is 0 Å². The molecule has 0 unspecified atom stereocenters. The highest BCUT2D eigenvalue weighted by Crippen LogP contribution is 2.27. The molecule has 29 heavy (non-hydrogen) atoms. The van der Waals surface area contributed by atoms with Gasteiger partial charge < -0.3 is 4.74 Å². The van der Waals surface area contributed by atoms with Gasteiger partial charge in [0.2, 0.25) is 10.0 Å². The third kappa shape index (κ3) is 5.40. The van der Waals surface area contributed by atoms with Crippen molar-refractivity contribution in [3.8, 4) is 17.0 Å². The second kappa shape index (κ2) is 8.71. The van der Waals surface area contributed by atoms with E-state index in [2.05, 4.69) is 9.71 Å². The van der Waals surface area contributed by atoms with Crippen LogP contribution in [0.2, 0.25) is 0 Å². The second-order valence-electron chi connectivity index (χ2n) is 6.85. The van der Waals surface area contributed by atoms with Crippen LogP contribution in [0.15, 0.2) is 54.6 Å². The predicted octanol–water partition coefficient (Wildman–Crippen LogP) is 4.13. The van der Waals surface area contributed by atoms with E-state index in [9.17, 15) is 12.8 Å². The molecule has 0 aliphatic heterocycles. The maximum absolute atomic E-state index is 13.3. The molecule has 1 heterocycles. The summed E-state index contributed by atoms with van der Waals surface area (Å²) in [6.45, 7) is 3.92. The third-order valence-electron chi connectivity index (χ3n) is 4.55. The van der Waals surface area contributed by atoms with E-state index in [1.165, 1.54) is 18.2 Å². The number of halogens is 1. The zero-order valence-corrected chi connectivity index (χ0v) is 17.4. The molecule has 0 aliphatic carbocycles. The average Bonchev–Trinajstić information content (AvgIpc) is 2.66. The Kier molecular flexibility index (Phi) is 6.30. The quantitative estimate of drug-likeness (QED) is 0.631. The zero-order chi connectivity index (χ0) is 21.0. The number of ether oxygens (including phenoxy) is 1. The van der Waals surface area contributed by atoms with E-state index >= 15 is 0 Å². The predicted molar refractivity (Wildman–Crippen MR) is 112 cm³/mol. The van der Waals surface area contributed by atoms with Gasteiger partial charge in [0.25, 0.3) is 0 Å². The lowest BCUT2D eigenvalue weighted by Gasteiger charge is -2.15. The highest BCUT2D eigenvalue weighted by Gasteiger charge is 2.16. The summed E-state index contributed by atoms with van der Waals surface area (Å²) < 4.78 is 46.2. The molecule has 0 spiro atoms. The summed E-state index contributed by atoms with van der Waals surface area (Å²) in [7, 11) is -2.05. The number of aryl methyl sites for hydroxylation is 2. The van der Waals surface area contributed by atoms with Crippen LogP contribution in [0.5, 0.6) is 5.75 Å². The van der Waals surface area contributed by atoms with Gasteiger partial charge in [-0.3, -0.25) is 4.98 Å². The minimum atomic E-state index is -3.65. The summed E-state index contributed by atoms with van der Waals surface area (Å²) in [4.78, 5) is 4.63. The average molecular weight is 415 g/mol. The van der Waals surface area contributed by atoms with Crippen molar-refractivity contribution in [3.63, 3.8) is 0 Å². The molecule has 2 aromatic carbocycles. The molecule has 3 aromatic rings. The standard InChI is InChI=1S/C22H23FN2O3S/c1-15-11-16(2)25-22(18-7-9-20(28-3)10-8-18)21(15)13-24-29(26,27)14-17-5-4-6-19(23)12-17/h4-12,24H,13-14H2,1-3H3. The summed E-state index contributed by atoms with van der Waals surface area (Å²) in [5, 5.41) is 0. The van der Waals surface area contributed by atoms with Crippen molar-refractivity contribution in [3.05, 3.63) is 82.8 Å². The molecule has 0 amide bonds. The number of sulfonamides is 1. The fraction of sp³-hybridized carbons (Fsp3) is 0.227. The van der Waals surface area contributed by atoms with Gasteiger partial charge in [0, 0.05) is 17.8 Å². The molecule has 3 rings (SSSR count). The molecule has 0 bridgehead atoms. The minimum Gasteiger partial charge on any atom is -0.497 e. The minimum absolute atomic E-state index is 0.0954. The van der Waals surface area contributed by atoms with Crippen molar-refractivity contribution in [1.29, 1.82) is 0 Å². The van der Waals surface area contributed by atoms with Gasteiger partial charge in [0.1, 0.15) is 11.6 Å². The lowest BCUT2D eigenvalue weighted by molar-refractivity contribution is 0.415. The molecule has 1 aromatic heterocycles. The summed E-state index contributed by atoms with van der Waals surface area (Å²) in [5.74, 6) is -0.0189. The summed E-state index contributed by atoms with van der Waals surface area (Å²) in [6, 6.07) is 15.0. The van der Waals surface area contributed by atoms with Gasteiger partial charge in [-0.25, -0.2) is 17.5 Å². The number of hydrogen-bond donors (Lipinski definition) is 1. The Morgan fingerprint density at radius 1 is 1.07 bits per heavy atom. The number of benzene rings is 2. The van der Waals surface area contributed by atoms with Crippen molar-refractivity contribution in [2.45, 2.75) is 26.1 Å². The Balaban J connectivity index is 1.86. The van der Waals surface area contributed by atoms with E-state index in [0.717, 1.165) is 33.8 Å². The molecule has 0 radical (unpaired) electrons. The van der Waals surface area contributed by atoms with Crippen LogP contribution in [0.4, 0.5) is 4.39 Å². The smallest absolute Gasteiger partial charge is 0.216 e. The van der Waals surface area contributed by atoms with Gasteiger partial charge >= 0.3 is 0 Å². The molecule has 0 saturated heterocycles. The third-order valence-corrected chi connectivity index (χ3v) is 5.85. The molecule has 0 atom stereocenters. The Morgan fingerprint density at radius 3 is 2.45 bits per heavy atom. The maximum Gasteiger partial charge on any atom is 0.216 e. The number of pyridine rings is 1. The Morgan fingerprint density at radius 2 is 1.79 bits per heavy atom. The number of nitrogens with one attached hydrogen (secondary N) is 1. The van der Waals surface area contributed by atoms with Crippen LogP contribution in [0, 0.1) is 19.7 Å². The SMILES string of the molecule is COc1ccc(-c2nc(C)cc(C)c2CNS(=O)(=O)Cc2cccc(F)c2)cc1. The lowest BCUT2D eigenvalue weighted by Crippen LogP contribution is -2.25. The largest absolute Gasteiger partial charge is 0.497 e. The van der Waals surface area contributed by atoms with Crippen LogP contribution in [0.3, 0.4) is 0 Å². The van der Waals surface area contributed by atoms with Crippen molar-refractivity contribution in [2.24, 2.45) is 0 Å². The second-order valence-corrected chi connectivity index (χ2v) is 8.65. The number of aromatic nitrogens is 1. The highest BCUT2D eigenvalue weighted by molar-refractivity contribution is 7.88. The molecule has 152 valence electrons. The fourth-order valence-corrected chi connectivity index (χ4v) is 4.24. The van der Waals surface area contributed by atoms with E-state index in [4.69, 9.17) is 4.74 Å². The first-order valence-corrected chi connectivity index (χ1v) is 10.8. The Hall–Kier alpha value is -2.77. The lowest BCUT2D eigenvalue weighted by atomic mass is 10.0. The van der Waals surface area contributed by atoms with Crippen molar-refractivity contribution in [1.82, 2.24) is 9.71 Å². The van der Waals surface area contributed by atoms with Crippen LogP contribution < -0.4 is 9.46 Å². The molecule has 1 N–H and O–H groups in total. The highest BCUT2D eigenvalue weighted by atomic mass is 32.2. The Bertz CT molecular complexity index is 1110. The first kappa shape index (κ1) is 21.0. The molecule has 5 nitrogen and oxygen atoms in total. The zero-order valence-electron chi connectivity index (χ0n) is 16.6. The summed E-state index contributed by atoms with van der Waals surface area (Å²) >= 11 is 0. The van der Waals surface area contributed by atoms with Gasteiger partial charge in [-0.15, -0.1) is 0 Å². The molecule has 0 saturated carbocycles. The van der Waals surface area contributed by atoms with Crippen LogP contribution >= 0.6 is 0 Å². The van der Waals surface area contributed by atoms with E-state index in [0.29, 0.717) is 5.56 Å². The van der Waals surface area contributed by atoms with Gasteiger partial charge in [0.15, 0.2) is 0 Å². The Labute approximate surface area is 170 Å². The molecular formula is C22H23FN2O3S. The van der Waals surface area contributed by atoms with Crippen LogP contribution in [-0.4, -0.2) is 20.5 Å². The fourth-order valence-electron chi connectivity index (χ4n) is 3.15. The van der Waals surface area contributed by atoms with Crippen molar-refractivity contribution >= 4 is 10.0 Å². The summed E-state index contributed by atoms with van der Waals surface area (Å²) in [6.07, 6.45) is 0. The summed E-state index contributed by atoms with van der Waals surface area (Å²) in [5.41, 5.74) is 4.57. The van der Waals surface area contributed by atoms with Crippen molar-refractivity contribution < 1.29 is 17.5 Å². The monoisotopic (exact) mass is 414 g/mol. The topological polar surface area (TPSA) is 68.3 Å². The van der Waals surface area contributed by atoms with Gasteiger partial charge in [-0.05, 0) is 73.0 Å².